The van der Waals surface area contributed by atoms with Gasteiger partial charge in [0, 0.05) is 32.6 Å². The molecule has 0 aromatic heterocycles. The normalized spacial score (nSPS) is 23.3. The Hall–Kier alpha value is -1.50. The fraction of sp³-hybridized carbons (Fsp3) is 0.632. The molecule has 2 aliphatic heterocycles. The Morgan fingerprint density at radius 1 is 1.23 bits per heavy atom. The van der Waals surface area contributed by atoms with Crippen LogP contribution in [0.15, 0.2) is 12.1 Å². The average Bonchev–Trinajstić information content (AvgIpc) is 2.79. The summed E-state index contributed by atoms with van der Waals surface area (Å²) in [5.74, 6) is 1.17. The first kappa shape index (κ1) is 19.3. The van der Waals surface area contributed by atoms with Crippen LogP contribution in [0.25, 0.3) is 0 Å². The highest BCUT2D eigenvalue weighted by Crippen LogP contribution is 2.38. The molecule has 1 aromatic carbocycles. The minimum Gasteiger partial charge on any atom is -0.489 e. The van der Waals surface area contributed by atoms with Gasteiger partial charge in [-0.3, -0.25) is 9.69 Å². The fourth-order valence-corrected chi connectivity index (χ4v) is 3.74. The van der Waals surface area contributed by atoms with Crippen LogP contribution in [-0.4, -0.2) is 62.4 Å². The standard InChI is InChI=1S/C19H27ClN2O4/c1-13-11-22(12-14(2)26-13)5-4-21-18(23)10-15-8-16(20)19-17(9-15)24-6-3-7-25-19/h8-9,13-14H,3-7,10-12H2,1-2H3,(H,21,23). The molecule has 0 radical (unpaired) electrons. The van der Waals surface area contributed by atoms with Crippen LogP contribution in [-0.2, 0) is 16.0 Å². The van der Waals surface area contributed by atoms with Gasteiger partial charge in [0.25, 0.3) is 0 Å². The van der Waals surface area contributed by atoms with E-state index in [0.29, 0.717) is 36.3 Å². The highest BCUT2D eigenvalue weighted by atomic mass is 35.5. The lowest BCUT2D eigenvalue weighted by Gasteiger charge is -2.35. The number of halogens is 1. The van der Waals surface area contributed by atoms with Crippen LogP contribution >= 0.6 is 11.6 Å². The van der Waals surface area contributed by atoms with Crippen molar-refractivity contribution in [1.82, 2.24) is 10.2 Å². The predicted octanol–water partition coefficient (Wildman–Crippen LogP) is 2.27. The zero-order valence-electron chi connectivity index (χ0n) is 15.4. The molecule has 1 saturated heterocycles. The lowest BCUT2D eigenvalue weighted by Crippen LogP contribution is -2.48. The Bertz CT molecular complexity index is 630. The van der Waals surface area contributed by atoms with Crippen molar-refractivity contribution in [3.05, 3.63) is 22.7 Å². The first-order valence-corrected chi connectivity index (χ1v) is 9.61. The summed E-state index contributed by atoms with van der Waals surface area (Å²) in [6.07, 6.45) is 1.56. The Labute approximate surface area is 159 Å². The van der Waals surface area contributed by atoms with E-state index in [2.05, 4.69) is 24.1 Å². The van der Waals surface area contributed by atoms with Gasteiger partial charge in [-0.1, -0.05) is 11.6 Å². The van der Waals surface area contributed by atoms with E-state index in [4.69, 9.17) is 25.8 Å². The molecule has 0 aliphatic carbocycles. The lowest BCUT2D eigenvalue weighted by atomic mass is 10.1. The van der Waals surface area contributed by atoms with Crippen molar-refractivity contribution in [1.29, 1.82) is 0 Å². The number of amides is 1. The molecule has 1 amide bonds. The summed E-state index contributed by atoms with van der Waals surface area (Å²) in [6.45, 7) is 8.59. The number of hydrogen-bond acceptors (Lipinski definition) is 5. The zero-order valence-corrected chi connectivity index (χ0v) is 16.2. The maximum absolute atomic E-state index is 12.3. The second kappa shape index (κ2) is 8.93. The molecular formula is C19H27ClN2O4. The van der Waals surface area contributed by atoms with E-state index in [0.717, 1.165) is 31.6 Å². The van der Waals surface area contributed by atoms with E-state index in [-0.39, 0.29) is 24.5 Å². The number of carbonyl (C=O) groups is 1. The predicted molar refractivity (Wildman–Crippen MR) is 100 cm³/mol. The van der Waals surface area contributed by atoms with Crippen LogP contribution in [0.1, 0.15) is 25.8 Å². The molecular weight excluding hydrogens is 356 g/mol. The number of nitrogens with zero attached hydrogens (tertiary/aromatic N) is 1. The molecule has 144 valence electrons. The summed E-state index contributed by atoms with van der Waals surface area (Å²) in [4.78, 5) is 14.6. The molecule has 2 unspecified atom stereocenters. The summed E-state index contributed by atoms with van der Waals surface area (Å²) in [7, 11) is 0. The van der Waals surface area contributed by atoms with E-state index in [1.165, 1.54) is 0 Å². The Morgan fingerprint density at radius 3 is 2.73 bits per heavy atom. The average molecular weight is 383 g/mol. The van der Waals surface area contributed by atoms with Crippen molar-refractivity contribution < 1.29 is 19.0 Å². The number of hydrogen-bond donors (Lipinski definition) is 1. The van der Waals surface area contributed by atoms with E-state index in [1.54, 1.807) is 6.07 Å². The summed E-state index contributed by atoms with van der Waals surface area (Å²) >= 11 is 6.28. The van der Waals surface area contributed by atoms with Crippen molar-refractivity contribution in [2.45, 2.75) is 38.9 Å². The number of carbonyl (C=O) groups excluding carboxylic acids is 1. The van der Waals surface area contributed by atoms with Crippen LogP contribution < -0.4 is 14.8 Å². The van der Waals surface area contributed by atoms with Gasteiger partial charge in [-0.05, 0) is 31.5 Å². The van der Waals surface area contributed by atoms with Crippen LogP contribution in [0, 0.1) is 0 Å². The van der Waals surface area contributed by atoms with Gasteiger partial charge in [0.05, 0.1) is 36.9 Å². The Balaban J connectivity index is 1.49. The van der Waals surface area contributed by atoms with Crippen LogP contribution in [0.5, 0.6) is 11.5 Å². The largest absolute Gasteiger partial charge is 0.489 e. The highest BCUT2D eigenvalue weighted by Gasteiger charge is 2.22. The van der Waals surface area contributed by atoms with Crippen molar-refractivity contribution in [3.63, 3.8) is 0 Å². The summed E-state index contributed by atoms with van der Waals surface area (Å²) < 4.78 is 17.0. The molecule has 3 rings (SSSR count). The molecule has 1 N–H and O–H groups in total. The van der Waals surface area contributed by atoms with Gasteiger partial charge >= 0.3 is 0 Å². The first-order valence-electron chi connectivity index (χ1n) is 9.24. The Morgan fingerprint density at radius 2 is 1.96 bits per heavy atom. The number of morpholine rings is 1. The number of fused-ring (bicyclic) bond motifs is 1. The van der Waals surface area contributed by atoms with Gasteiger partial charge in [0.2, 0.25) is 5.91 Å². The van der Waals surface area contributed by atoms with Gasteiger partial charge in [-0.25, -0.2) is 0 Å². The minimum absolute atomic E-state index is 0.0232. The summed E-state index contributed by atoms with van der Waals surface area (Å²) in [5, 5.41) is 3.47. The second-order valence-electron chi connectivity index (χ2n) is 7.00. The number of nitrogens with one attached hydrogen (secondary N) is 1. The van der Waals surface area contributed by atoms with Crippen molar-refractivity contribution >= 4 is 17.5 Å². The lowest BCUT2D eigenvalue weighted by molar-refractivity contribution is -0.120. The summed E-state index contributed by atoms with van der Waals surface area (Å²) in [6, 6.07) is 3.62. The molecule has 7 heteroatoms. The molecule has 2 aliphatic rings. The topological polar surface area (TPSA) is 60.0 Å². The molecule has 0 bridgehead atoms. The highest BCUT2D eigenvalue weighted by molar-refractivity contribution is 6.32. The van der Waals surface area contributed by atoms with E-state index in [1.807, 2.05) is 6.07 Å². The van der Waals surface area contributed by atoms with Crippen molar-refractivity contribution in [2.75, 3.05) is 39.4 Å². The number of ether oxygens (including phenoxy) is 3. The van der Waals surface area contributed by atoms with E-state index >= 15 is 0 Å². The second-order valence-corrected chi connectivity index (χ2v) is 7.41. The zero-order chi connectivity index (χ0) is 18.5. The Kier molecular flexibility index (Phi) is 6.62. The van der Waals surface area contributed by atoms with Gasteiger partial charge in [-0.15, -0.1) is 0 Å². The molecule has 26 heavy (non-hydrogen) atoms. The maximum Gasteiger partial charge on any atom is 0.224 e. The van der Waals surface area contributed by atoms with E-state index < -0.39 is 0 Å². The van der Waals surface area contributed by atoms with Crippen LogP contribution in [0.4, 0.5) is 0 Å². The SMILES string of the molecule is CC1CN(CCNC(=O)Cc2cc(Cl)c3c(c2)OCCCO3)CC(C)O1. The van der Waals surface area contributed by atoms with Gasteiger partial charge in [-0.2, -0.15) is 0 Å². The van der Waals surface area contributed by atoms with Gasteiger partial charge < -0.3 is 19.5 Å². The van der Waals surface area contributed by atoms with Gasteiger partial charge in [0.15, 0.2) is 11.5 Å². The summed E-state index contributed by atoms with van der Waals surface area (Å²) in [5.41, 5.74) is 0.824. The van der Waals surface area contributed by atoms with Crippen molar-refractivity contribution in [2.24, 2.45) is 0 Å². The first-order chi connectivity index (χ1) is 12.5. The minimum atomic E-state index is -0.0232. The molecule has 6 nitrogen and oxygen atoms in total. The maximum atomic E-state index is 12.3. The third-order valence-electron chi connectivity index (χ3n) is 4.47. The molecule has 2 atom stereocenters. The van der Waals surface area contributed by atoms with Crippen LogP contribution in [0.2, 0.25) is 5.02 Å². The fourth-order valence-electron chi connectivity index (χ4n) is 3.45. The molecule has 1 fully saturated rings. The number of benzene rings is 1. The molecule has 1 aromatic rings. The van der Waals surface area contributed by atoms with Crippen molar-refractivity contribution in [3.8, 4) is 11.5 Å². The third kappa shape index (κ3) is 5.25. The third-order valence-corrected chi connectivity index (χ3v) is 4.75. The quantitative estimate of drug-likeness (QED) is 0.846. The molecule has 2 heterocycles. The monoisotopic (exact) mass is 382 g/mol. The molecule has 0 spiro atoms. The number of rotatable bonds is 5. The smallest absolute Gasteiger partial charge is 0.224 e. The van der Waals surface area contributed by atoms with Gasteiger partial charge in [0.1, 0.15) is 0 Å². The molecule has 0 saturated carbocycles. The van der Waals surface area contributed by atoms with Crippen LogP contribution in [0.3, 0.4) is 0 Å². The van der Waals surface area contributed by atoms with E-state index in [9.17, 15) is 4.79 Å².